The third-order valence-corrected chi connectivity index (χ3v) is 5.24. The Hall–Kier alpha value is -0.190. The van der Waals surface area contributed by atoms with Crippen LogP contribution in [-0.2, 0) is 0 Å². The van der Waals surface area contributed by atoms with E-state index in [1.54, 1.807) is 0 Å². The van der Waals surface area contributed by atoms with E-state index in [2.05, 4.69) is 15.9 Å². The van der Waals surface area contributed by atoms with Crippen molar-refractivity contribution < 1.29 is 9.84 Å². The standard InChI is InChI=1S/C13H15BrO2S/c14-9-1-2-10-11(15)6-12(16-13(10)5-9)8-3-4-17-7-8/h1-2,5,8,11-12,15H,3-4,6-7H2/t8?,11-,12?/m0/s1. The van der Waals surface area contributed by atoms with E-state index in [1.165, 1.54) is 17.9 Å². The topological polar surface area (TPSA) is 29.5 Å². The number of thioether (sulfide) groups is 1. The summed E-state index contributed by atoms with van der Waals surface area (Å²) in [5, 5.41) is 10.2. The van der Waals surface area contributed by atoms with Gasteiger partial charge in [0.15, 0.2) is 0 Å². The fourth-order valence-electron chi connectivity index (χ4n) is 2.58. The SMILES string of the molecule is O[C@H]1CC(C2CCSC2)Oc2cc(Br)ccc21. The second kappa shape index (κ2) is 4.82. The van der Waals surface area contributed by atoms with E-state index in [1.807, 2.05) is 30.0 Å². The first kappa shape index (κ1) is 11.9. The second-order valence-corrected chi connectivity index (χ2v) is 6.78. The molecule has 0 aliphatic carbocycles. The Labute approximate surface area is 114 Å². The van der Waals surface area contributed by atoms with Crippen LogP contribution in [0.2, 0.25) is 0 Å². The van der Waals surface area contributed by atoms with Crippen LogP contribution in [0.5, 0.6) is 5.75 Å². The molecule has 1 aromatic carbocycles. The molecule has 17 heavy (non-hydrogen) atoms. The van der Waals surface area contributed by atoms with Crippen LogP contribution in [0.15, 0.2) is 22.7 Å². The van der Waals surface area contributed by atoms with E-state index < -0.39 is 0 Å². The highest BCUT2D eigenvalue weighted by Gasteiger charge is 2.34. The highest BCUT2D eigenvalue weighted by Crippen LogP contribution is 2.41. The molecule has 0 bridgehead atoms. The van der Waals surface area contributed by atoms with Gasteiger partial charge in [-0.3, -0.25) is 0 Å². The van der Waals surface area contributed by atoms with Crippen molar-refractivity contribution in [3.63, 3.8) is 0 Å². The van der Waals surface area contributed by atoms with Crippen molar-refractivity contribution in [2.24, 2.45) is 5.92 Å². The third-order valence-electron chi connectivity index (χ3n) is 3.56. The smallest absolute Gasteiger partial charge is 0.126 e. The molecule has 4 heteroatoms. The first-order chi connectivity index (χ1) is 8.24. The van der Waals surface area contributed by atoms with Crippen molar-refractivity contribution in [2.75, 3.05) is 11.5 Å². The Morgan fingerprint density at radius 1 is 1.41 bits per heavy atom. The lowest BCUT2D eigenvalue weighted by molar-refractivity contribution is 0.0402. The molecule has 2 unspecified atom stereocenters. The number of fused-ring (bicyclic) bond motifs is 1. The molecule has 92 valence electrons. The summed E-state index contributed by atoms with van der Waals surface area (Å²) in [6, 6.07) is 5.87. The first-order valence-corrected chi connectivity index (χ1v) is 7.91. The van der Waals surface area contributed by atoms with Crippen molar-refractivity contribution in [1.82, 2.24) is 0 Å². The predicted octanol–water partition coefficient (Wildman–Crippen LogP) is 3.39. The average Bonchev–Trinajstić information content (AvgIpc) is 2.81. The van der Waals surface area contributed by atoms with Gasteiger partial charge in [0.05, 0.1) is 6.10 Å². The van der Waals surface area contributed by atoms with Crippen LogP contribution in [0.3, 0.4) is 0 Å². The molecule has 2 heterocycles. The van der Waals surface area contributed by atoms with Crippen molar-refractivity contribution in [3.05, 3.63) is 28.2 Å². The molecule has 1 saturated heterocycles. The number of benzene rings is 1. The van der Waals surface area contributed by atoms with Gasteiger partial charge < -0.3 is 9.84 Å². The summed E-state index contributed by atoms with van der Waals surface area (Å²) in [5.41, 5.74) is 0.926. The molecule has 0 aromatic heterocycles. The molecule has 2 aliphatic rings. The average molecular weight is 315 g/mol. The number of hydrogen-bond donors (Lipinski definition) is 1. The van der Waals surface area contributed by atoms with Crippen LogP contribution in [0, 0.1) is 5.92 Å². The van der Waals surface area contributed by atoms with Crippen LogP contribution in [-0.4, -0.2) is 22.7 Å². The summed E-state index contributed by atoms with van der Waals surface area (Å²) < 4.78 is 7.07. The summed E-state index contributed by atoms with van der Waals surface area (Å²) in [6.45, 7) is 0. The second-order valence-electron chi connectivity index (χ2n) is 4.71. The molecule has 0 amide bonds. The summed E-state index contributed by atoms with van der Waals surface area (Å²) >= 11 is 5.44. The van der Waals surface area contributed by atoms with E-state index in [9.17, 15) is 5.11 Å². The van der Waals surface area contributed by atoms with Gasteiger partial charge in [0.2, 0.25) is 0 Å². The number of hydrogen-bond acceptors (Lipinski definition) is 3. The van der Waals surface area contributed by atoms with Crippen LogP contribution in [0.4, 0.5) is 0 Å². The first-order valence-electron chi connectivity index (χ1n) is 5.96. The number of aliphatic hydroxyl groups excluding tert-OH is 1. The molecular weight excluding hydrogens is 300 g/mol. The Morgan fingerprint density at radius 2 is 2.29 bits per heavy atom. The quantitative estimate of drug-likeness (QED) is 0.861. The molecule has 0 radical (unpaired) electrons. The van der Waals surface area contributed by atoms with Gasteiger partial charge in [0.25, 0.3) is 0 Å². The fourth-order valence-corrected chi connectivity index (χ4v) is 4.24. The molecule has 1 fully saturated rings. The van der Waals surface area contributed by atoms with Gasteiger partial charge >= 0.3 is 0 Å². The normalized spacial score (nSPS) is 32.0. The van der Waals surface area contributed by atoms with E-state index in [0.717, 1.165) is 22.2 Å². The maximum Gasteiger partial charge on any atom is 0.126 e. The zero-order chi connectivity index (χ0) is 11.8. The van der Waals surface area contributed by atoms with Crippen molar-refractivity contribution >= 4 is 27.7 Å². The van der Waals surface area contributed by atoms with E-state index in [0.29, 0.717) is 5.92 Å². The van der Waals surface area contributed by atoms with Gasteiger partial charge in [0.1, 0.15) is 11.9 Å². The van der Waals surface area contributed by atoms with Crippen LogP contribution in [0.1, 0.15) is 24.5 Å². The highest BCUT2D eigenvalue weighted by molar-refractivity contribution is 9.10. The molecule has 1 N–H and O–H groups in total. The molecule has 1 aromatic rings. The number of rotatable bonds is 1. The molecule has 3 atom stereocenters. The van der Waals surface area contributed by atoms with Crippen LogP contribution in [0.25, 0.3) is 0 Å². The van der Waals surface area contributed by atoms with Crippen molar-refractivity contribution in [2.45, 2.75) is 25.0 Å². The lowest BCUT2D eigenvalue weighted by Crippen LogP contribution is -2.32. The van der Waals surface area contributed by atoms with Crippen molar-refractivity contribution in [3.8, 4) is 5.75 Å². The zero-order valence-electron chi connectivity index (χ0n) is 9.43. The summed E-state index contributed by atoms with van der Waals surface area (Å²) in [6.07, 6.45) is 1.76. The van der Waals surface area contributed by atoms with Crippen LogP contribution < -0.4 is 4.74 Å². The predicted molar refractivity (Wildman–Crippen MR) is 73.6 cm³/mol. The monoisotopic (exact) mass is 314 g/mol. The van der Waals surface area contributed by atoms with Crippen molar-refractivity contribution in [1.29, 1.82) is 0 Å². The maximum absolute atomic E-state index is 10.2. The summed E-state index contributed by atoms with van der Waals surface area (Å²) in [7, 11) is 0. The molecule has 0 saturated carbocycles. The lowest BCUT2D eigenvalue weighted by Gasteiger charge is -2.33. The van der Waals surface area contributed by atoms with Gasteiger partial charge in [0, 0.05) is 22.4 Å². The van der Waals surface area contributed by atoms with Gasteiger partial charge in [-0.05, 0) is 30.1 Å². The molecular formula is C13H15BrO2S. The Kier molecular flexibility index (Phi) is 3.37. The maximum atomic E-state index is 10.2. The number of aliphatic hydroxyl groups is 1. The van der Waals surface area contributed by atoms with Gasteiger partial charge in [-0.2, -0.15) is 11.8 Å². The largest absolute Gasteiger partial charge is 0.490 e. The van der Waals surface area contributed by atoms with Crippen LogP contribution >= 0.6 is 27.7 Å². The molecule has 3 rings (SSSR count). The summed E-state index contributed by atoms with van der Waals surface area (Å²) in [5.74, 6) is 3.84. The number of halogens is 1. The highest BCUT2D eigenvalue weighted by atomic mass is 79.9. The molecule has 2 aliphatic heterocycles. The summed E-state index contributed by atoms with van der Waals surface area (Å²) in [4.78, 5) is 0. The third kappa shape index (κ3) is 2.35. The lowest BCUT2D eigenvalue weighted by atomic mass is 9.91. The number of ether oxygens (including phenoxy) is 1. The Morgan fingerprint density at radius 3 is 3.06 bits per heavy atom. The van der Waals surface area contributed by atoms with Gasteiger partial charge in [-0.1, -0.05) is 22.0 Å². The molecule has 0 spiro atoms. The fraction of sp³-hybridized carbons (Fsp3) is 0.538. The minimum atomic E-state index is -0.373. The van der Waals surface area contributed by atoms with E-state index in [4.69, 9.17) is 4.74 Å². The van der Waals surface area contributed by atoms with E-state index in [-0.39, 0.29) is 12.2 Å². The van der Waals surface area contributed by atoms with Gasteiger partial charge in [-0.25, -0.2) is 0 Å². The zero-order valence-corrected chi connectivity index (χ0v) is 11.8. The van der Waals surface area contributed by atoms with Gasteiger partial charge in [-0.15, -0.1) is 0 Å². The molecule has 2 nitrogen and oxygen atoms in total. The Balaban J connectivity index is 1.85. The minimum absolute atomic E-state index is 0.182. The minimum Gasteiger partial charge on any atom is -0.490 e. The Bertz CT molecular complexity index is 418. The van der Waals surface area contributed by atoms with E-state index >= 15 is 0 Å².